The molecule has 0 aromatic heterocycles. The van der Waals surface area contributed by atoms with Crippen molar-refractivity contribution in [3.05, 3.63) is 144 Å². The fourth-order valence-corrected chi connectivity index (χ4v) is 4.98. The van der Waals surface area contributed by atoms with Gasteiger partial charge < -0.3 is 16.0 Å². The molecule has 0 aliphatic heterocycles. The van der Waals surface area contributed by atoms with Gasteiger partial charge in [-0.2, -0.15) is 0 Å². The van der Waals surface area contributed by atoms with Gasteiger partial charge in [0.15, 0.2) is 0 Å². The third-order valence-electron chi connectivity index (χ3n) is 7.21. The Morgan fingerprint density at radius 1 is 0.341 bits per heavy atom. The van der Waals surface area contributed by atoms with Gasteiger partial charge in [-0.3, -0.25) is 9.80 Å². The van der Waals surface area contributed by atoms with Crippen LogP contribution < -0.4 is 16.0 Å². The summed E-state index contributed by atoms with van der Waals surface area (Å²) in [6.07, 6.45) is 0. The predicted octanol–water partition coefficient (Wildman–Crippen LogP) is 5.16. The third-order valence-corrected chi connectivity index (χ3v) is 7.21. The molecular weight excluding hydrogens is 502 g/mol. The zero-order valence-corrected chi connectivity index (χ0v) is 24.4. The Kier molecular flexibility index (Phi) is 14.1. The molecule has 0 unspecified atom stereocenters. The fraction of sp³-hybridized carbons (Fsp3) is 0.333. The van der Waals surface area contributed by atoms with E-state index in [1.807, 2.05) is 0 Å². The standard InChI is InChI=1S/C36H47N5/c1-5-13-33(14-6-1)29-39-25-27-40(30-34-15-7-2-8-16-34)26-23-37-21-22-38-24-28-41(31-35-17-9-3-10-18-35)32-36-19-11-4-12-20-36/h1-20,37-39H,21-32H2. The highest BCUT2D eigenvalue weighted by Gasteiger charge is 2.08. The van der Waals surface area contributed by atoms with E-state index in [1.54, 1.807) is 0 Å². The molecule has 0 saturated carbocycles. The molecule has 0 radical (unpaired) electrons. The minimum atomic E-state index is 0.915. The zero-order chi connectivity index (χ0) is 28.2. The third kappa shape index (κ3) is 12.8. The van der Waals surface area contributed by atoms with Crippen molar-refractivity contribution in [1.82, 2.24) is 25.8 Å². The van der Waals surface area contributed by atoms with E-state index in [4.69, 9.17) is 0 Å². The van der Waals surface area contributed by atoms with E-state index >= 15 is 0 Å². The molecule has 216 valence electrons. The summed E-state index contributed by atoms with van der Waals surface area (Å²) in [6, 6.07) is 43.0. The monoisotopic (exact) mass is 549 g/mol. The highest BCUT2D eigenvalue weighted by Crippen LogP contribution is 2.09. The minimum Gasteiger partial charge on any atom is -0.314 e. The summed E-state index contributed by atoms with van der Waals surface area (Å²) in [7, 11) is 0. The van der Waals surface area contributed by atoms with Gasteiger partial charge in [-0.15, -0.1) is 0 Å². The first kappa shape index (κ1) is 30.6. The Hall–Kier alpha value is -3.32. The lowest BCUT2D eigenvalue weighted by Crippen LogP contribution is -2.39. The number of hydrogen-bond donors (Lipinski definition) is 3. The Labute approximate surface area is 247 Å². The lowest BCUT2D eigenvalue weighted by molar-refractivity contribution is 0.255. The van der Waals surface area contributed by atoms with Crippen molar-refractivity contribution in [2.75, 3.05) is 52.4 Å². The van der Waals surface area contributed by atoms with E-state index in [2.05, 4.69) is 147 Å². The first-order chi connectivity index (χ1) is 20.3. The van der Waals surface area contributed by atoms with Gasteiger partial charge in [0.2, 0.25) is 0 Å². The molecule has 0 saturated heterocycles. The zero-order valence-electron chi connectivity index (χ0n) is 24.4. The molecule has 0 atom stereocenters. The number of rotatable bonds is 20. The van der Waals surface area contributed by atoms with E-state index in [1.165, 1.54) is 22.3 Å². The van der Waals surface area contributed by atoms with Crippen molar-refractivity contribution in [2.24, 2.45) is 0 Å². The first-order valence-electron chi connectivity index (χ1n) is 15.1. The van der Waals surface area contributed by atoms with Gasteiger partial charge in [-0.05, 0) is 22.3 Å². The molecule has 5 heteroatoms. The van der Waals surface area contributed by atoms with Crippen molar-refractivity contribution >= 4 is 0 Å². The molecule has 0 amide bonds. The van der Waals surface area contributed by atoms with Crippen LogP contribution in [0.2, 0.25) is 0 Å². The van der Waals surface area contributed by atoms with E-state index < -0.39 is 0 Å². The van der Waals surface area contributed by atoms with Gasteiger partial charge in [0.05, 0.1) is 0 Å². The smallest absolute Gasteiger partial charge is 0.0237 e. The summed E-state index contributed by atoms with van der Waals surface area (Å²) in [5.41, 5.74) is 5.42. The van der Waals surface area contributed by atoms with Crippen LogP contribution in [0.1, 0.15) is 22.3 Å². The van der Waals surface area contributed by atoms with E-state index in [0.29, 0.717) is 0 Å². The van der Waals surface area contributed by atoms with Crippen molar-refractivity contribution in [3.63, 3.8) is 0 Å². The summed E-state index contributed by atoms with van der Waals surface area (Å²) < 4.78 is 0. The maximum Gasteiger partial charge on any atom is 0.0237 e. The molecule has 5 nitrogen and oxygen atoms in total. The van der Waals surface area contributed by atoms with Crippen molar-refractivity contribution in [1.29, 1.82) is 0 Å². The number of nitrogens with zero attached hydrogens (tertiary/aromatic N) is 2. The minimum absolute atomic E-state index is 0.915. The molecule has 4 aromatic carbocycles. The van der Waals surface area contributed by atoms with Gasteiger partial charge in [0.25, 0.3) is 0 Å². The van der Waals surface area contributed by atoms with Gasteiger partial charge in [0.1, 0.15) is 0 Å². The molecule has 41 heavy (non-hydrogen) atoms. The predicted molar refractivity (Wildman–Crippen MR) is 173 cm³/mol. The summed E-state index contributed by atoms with van der Waals surface area (Å²) in [5, 5.41) is 10.9. The maximum absolute atomic E-state index is 3.65. The van der Waals surface area contributed by atoms with Crippen LogP contribution in [0.25, 0.3) is 0 Å². The molecule has 0 bridgehead atoms. The number of benzene rings is 4. The van der Waals surface area contributed by atoms with Gasteiger partial charge >= 0.3 is 0 Å². The molecule has 0 spiro atoms. The molecular formula is C36H47N5. The molecule has 0 aliphatic carbocycles. The lowest BCUT2D eigenvalue weighted by atomic mass is 10.1. The second-order valence-corrected chi connectivity index (χ2v) is 10.6. The molecule has 0 heterocycles. The van der Waals surface area contributed by atoms with Crippen LogP contribution in [-0.2, 0) is 26.2 Å². The topological polar surface area (TPSA) is 42.6 Å². The Morgan fingerprint density at radius 2 is 0.683 bits per heavy atom. The number of nitrogens with one attached hydrogen (secondary N) is 3. The van der Waals surface area contributed by atoms with Crippen LogP contribution in [0, 0.1) is 0 Å². The van der Waals surface area contributed by atoms with Gasteiger partial charge in [-0.25, -0.2) is 0 Å². The van der Waals surface area contributed by atoms with Crippen LogP contribution in [-0.4, -0.2) is 62.2 Å². The van der Waals surface area contributed by atoms with Crippen LogP contribution >= 0.6 is 0 Å². The van der Waals surface area contributed by atoms with Crippen molar-refractivity contribution in [2.45, 2.75) is 26.2 Å². The summed E-state index contributed by atoms with van der Waals surface area (Å²) in [6.45, 7) is 11.8. The fourth-order valence-electron chi connectivity index (χ4n) is 4.98. The Balaban J connectivity index is 1.13. The Morgan fingerprint density at radius 3 is 1.12 bits per heavy atom. The molecule has 0 fully saturated rings. The van der Waals surface area contributed by atoms with Crippen LogP contribution in [0.4, 0.5) is 0 Å². The van der Waals surface area contributed by atoms with Crippen LogP contribution in [0.15, 0.2) is 121 Å². The molecule has 0 aliphatic rings. The largest absolute Gasteiger partial charge is 0.314 e. The van der Waals surface area contributed by atoms with Crippen LogP contribution in [0.5, 0.6) is 0 Å². The summed E-state index contributed by atoms with van der Waals surface area (Å²) in [5.74, 6) is 0. The average molecular weight is 550 g/mol. The lowest BCUT2D eigenvalue weighted by Gasteiger charge is -2.24. The summed E-state index contributed by atoms with van der Waals surface area (Å²) >= 11 is 0. The van der Waals surface area contributed by atoms with Crippen molar-refractivity contribution < 1.29 is 0 Å². The quantitative estimate of drug-likeness (QED) is 0.133. The van der Waals surface area contributed by atoms with E-state index in [-0.39, 0.29) is 0 Å². The Bertz CT molecular complexity index is 1130. The SMILES string of the molecule is c1ccc(CNCCN(CCNCCNCCN(Cc2ccccc2)Cc2ccccc2)Cc2ccccc2)cc1. The summed E-state index contributed by atoms with van der Waals surface area (Å²) in [4.78, 5) is 5.07. The first-order valence-corrected chi connectivity index (χ1v) is 15.1. The molecule has 3 N–H and O–H groups in total. The highest BCUT2D eigenvalue weighted by molar-refractivity contribution is 5.17. The van der Waals surface area contributed by atoms with Crippen LogP contribution in [0.3, 0.4) is 0 Å². The average Bonchev–Trinajstić information content (AvgIpc) is 3.02. The second kappa shape index (κ2) is 18.9. The second-order valence-electron chi connectivity index (χ2n) is 10.6. The highest BCUT2D eigenvalue weighted by atomic mass is 15.2. The molecule has 4 aromatic rings. The van der Waals surface area contributed by atoms with Gasteiger partial charge in [-0.1, -0.05) is 121 Å². The van der Waals surface area contributed by atoms with Crippen molar-refractivity contribution in [3.8, 4) is 0 Å². The van der Waals surface area contributed by atoms with E-state index in [0.717, 1.165) is 78.5 Å². The number of hydrogen-bond acceptors (Lipinski definition) is 5. The maximum atomic E-state index is 3.65. The van der Waals surface area contributed by atoms with Gasteiger partial charge in [0, 0.05) is 78.5 Å². The van der Waals surface area contributed by atoms with E-state index in [9.17, 15) is 0 Å². The normalized spacial score (nSPS) is 11.4. The molecule has 4 rings (SSSR count).